The molecule has 0 spiro atoms. The molecule has 1 amide bonds. The highest BCUT2D eigenvalue weighted by Gasteiger charge is 2.12. The normalized spacial score (nSPS) is 10.3. The summed E-state index contributed by atoms with van der Waals surface area (Å²) in [5.41, 5.74) is 2.03. The van der Waals surface area contributed by atoms with Crippen LogP contribution in [0.3, 0.4) is 0 Å². The largest absolute Gasteiger partial charge is 0.496 e. The van der Waals surface area contributed by atoms with Crippen LogP contribution in [0, 0.1) is 0 Å². The summed E-state index contributed by atoms with van der Waals surface area (Å²) in [6, 6.07) is 10.8. The zero-order chi connectivity index (χ0) is 16.2. The Morgan fingerprint density at radius 2 is 2.13 bits per heavy atom. The van der Waals surface area contributed by atoms with E-state index in [1.165, 1.54) is 11.3 Å². The lowest BCUT2D eigenvalue weighted by Crippen LogP contribution is -2.11. The number of hydrogen-bond acceptors (Lipinski definition) is 5. The minimum atomic E-state index is -0.227. The van der Waals surface area contributed by atoms with Crippen molar-refractivity contribution in [2.45, 2.75) is 0 Å². The van der Waals surface area contributed by atoms with E-state index in [0.29, 0.717) is 16.4 Å². The fourth-order valence-electron chi connectivity index (χ4n) is 1.94. The van der Waals surface area contributed by atoms with Crippen LogP contribution in [0.5, 0.6) is 5.75 Å². The number of hydrogen-bond donors (Lipinski definition) is 1. The first-order chi connectivity index (χ1) is 11.2. The first-order valence-corrected chi connectivity index (χ1v) is 8.36. The third-order valence-electron chi connectivity index (χ3n) is 3.07. The number of rotatable bonds is 4. The summed E-state index contributed by atoms with van der Waals surface area (Å²) in [4.78, 5) is 20.9. The van der Waals surface area contributed by atoms with Crippen molar-refractivity contribution >= 4 is 38.3 Å². The SMILES string of the molecule is COc1ccc(C(=O)Nc2nc(-c3ccccn3)cs2)cc1Br. The number of pyridine rings is 1. The van der Waals surface area contributed by atoms with Gasteiger partial charge >= 0.3 is 0 Å². The summed E-state index contributed by atoms with van der Waals surface area (Å²) in [6.07, 6.45) is 1.71. The molecule has 0 aliphatic heterocycles. The summed E-state index contributed by atoms with van der Waals surface area (Å²) in [5.74, 6) is 0.448. The number of methoxy groups -OCH3 is 1. The number of nitrogens with one attached hydrogen (secondary N) is 1. The van der Waals surface area contributed by atoms with Crippen LogP contribution >= 0.6 is 27.3 Å². The van der Waals surface area contributed by atoms with Crippen LogP contribution in [-0.4, -0.2) is 23.0 Å². The molecule has 23 heavy (non-hydrogen) atoms. The van der Waals surface area contributed by atoms with Gasteiger partial charge in [-0.2, -0.15) is 0 Å². The van der Waals surface area contributed by atoms with E-state index in [-0.39, 0.29) is 5.91 Å². The lowest BCUT2D eigenvalue weighted by molar-refractivity contribution is 0.102. The molecule has 0 bridgehead atoms. The van der Waals surface area contributed by atoms with Crippen LogP contribution in [0.15, 0.2) is 52.4 Å². The van der Waals surface area contributed by atoms with E-state index in [4.69, 9.17) is 4.74 Å². The summed E-state index contributed by atoms with van der Waals surface area (Å²) < 4.78 is 5.88. The number of halogens is 1. The Morgan fingerprint density at radius 1 is 1.26 bits per heavy atom. The maximum absolute atomic E-state index is 12.3. The van der Waals surface area contributed by atoms with Gasteiger partial charge in [-0.25, -0.2) is 4.98 Å². The number of anilines is 1. The number of nitrogens with zero attached hydrogens (tertiary/aromatic N) is 2. The van der Waals surface area contributed by atoms with Crippen molar-refractivity contribution in [3.63, 3.8) is 0 Å². The molecule has 7 heteroatoms. The van der Waals surface area contributed by atoms with E-state index in [1.807, 2.05) is 23.6 Å². The van der Waals surface area contributed by atoms with Crippen LogP contribution in [0.1, 0.15) is 10.4 Å². The second-order valence-corrected chi connectivity index (χ2v) is 6.27. The Hall–Kier alpha value is -2.25. The van der Waals surface area contributed by atoms with Gasteiger partial charge in [0.15, 0.2) is 5.13 Å². The van der Waals surface area contributed by atoms with E-state index < -0.39 is 0 Å². The number of amides is 1. The smallest absolute Gasteiger partial charge is 0.257 e. The number of benzene rings is 1. The molecule has 0 aliphatic rings. The monoisotopic (exact) mass is 389 g/mol. The van der Waals surface area contributed by atoms with Crippen molar-refractivity contribution in [1.29, 1.82) is 0 Å². The third kappa shape index (κ3) is 3.57. The van der Waals surface area contributed by atoms with Gasteiger partial charge in [-0.1, -0.05) is 6.07 Å². The third-order valence-corrected chi connectivity index (χ3v) is 4.44. The molecule has 3 rings (SSSR count). The van der Waals surface area contributed by atoms with E-state index in [9.17, 15) is 4.79 Å². The van der Waals surface area contributed by atoms with Crippen molar-refractivity contribution < 1.29 is 9.53 Å². The Kier molecular flexibility index (Phi) is 4.68. The molecule has 0 aliphatic carbocycles. The highest BCUT2D eigenvalue weighted by atomic mass is 79.9. The fraction of sp³-hybridized carbons (Fsp3) is 0.0625. The van der Waals surface area contributed by atoms with Gasteiger partial charge in [0, 0.05) is 17.1 Å². The lowest BCUT2D eigenvalue weighted by Gasteiger charge is -2.06. The highest BCUT2D eigenvalue weighted by molar-refractivity contribution is 9.10. The predicted octanol–water partition coefficient (Wildman–Crippen LogP) is 4.23. The Bertz CT molecular complexity index is 836. The number of carbonyl (C=O) groups is 1. The molecular weight excluding hydrogens is 378 g/mol. The number of carbonyl (C=O) groups excluding carboxylic acids is 1. The van der Waals surface area contributed by atoms with Gasteiger partial charge in [0.05, 0.1) is 17.3 Å². The van der Waals surface area contributed by atoms with Gasteiger partial charge in [0.25, 0.3) is 5.91 Å². The molecule has 2 heterocycles. The van der Waals surface area contributed by atoms with Crippen LogP contribution in [-0.2, 0) is 0 Å². The summed E-state index contributed by atoms with van der Waals surface area (Å²) in [7, 11) is 1.58. The number of ether oxygens (including phenoxy) is 1. The molecule has 0 fully saturated rings. The molecule has 3 aromatic rings. The zero-order valence-electron chi connectivity index (χ0n) is 12.1. The van der Waals surface area contributed by atoms with E-state index in [2.05, 4.69) is 31.2 Å². The van der Waals surface area contributed by atoms with Gasteiger partial charge in [-0.05, 0) is 46.3 Å². The zero-order valence-corrected chi connectivity index (χ0v) is 14.5. The summed E-state index contributed by atoms with van der Waals surface area (Å²) in [6.45, 7) is 0. The summed E-state index contributed by atoms with van der Waals surface area (Å²) in [5, 5.41) is 5.19. The van der Waals surface area contributed by atoms with Crippen molar-refractivity contribution in [1.82, 2.24) is 9.97 Å². The molecule has 2 aromatic heterocycles. The van der Waals surface area contributed by atoms with Crippen LogP contribution < -0.4 is 10.1 Å². The minimum Gasteiger partial charge on any atom is -0.496 e. The average molecular weight is 390 g/mol. The predicted molar refractivity (Wildman–Crippen MR) is 94.0 cm³/mol. The van der Waals surface area contributed by atoms with Crippen LogP contribution in [0.25, 0.3) is 11.4 Å². The molecule has 0 unspecified atom stereocenters. The summed E-state index contributed by atoms with van der Waals surface area (Å²) >= 11 is 4.73. The first-order valence-electron chi connectivity index (χ1n) is 6.69. The maximum atomic E-state index is 12.3. The van der Waals surface area contributed by atoms with Gasteiger partial charge < -0.3 is 4.74 Å². The van der Waals surface area contributed by atoms with Crippen molar-refractivity contribution in [2.75, 3.05) is 12.4 Å². The molecule has 0 saturated heterocycles. The molecular formula is C16H12BrN3O2S. The van der Waals surface area contributed by atoms with Crippen LogP contribution in [0.4, 0.5) is 5.13 Å². The molecule has 116 valence electrons. The van der Waals surface area contributed by atoms with Gasteiger partial charge in [0.2, 0.25) is 0 Å². The van der Waals surface area contributed by atoms with Crippen molar-refractivity contribution in [2.24, 2.45) is 0 Å². The Balaban J connectivity index is 1.76. The van der Waals surface area contributed by atoms with Gasteiger partial charge in [-0.3, -0.25) is 15.1 Å². The fourth-order valence-corrected chi connectivity index (χ4v) is 3.18. The van der Waals surface area contributed by atoms with E-state index in [1.54, 1.807) is 31.5 Å². The quantitative estimate of drug-likeness (QED) is 0.724. The van der Waals surface area contributed by atoms with Gasteiger partial charge in [0.1, 0.15) is 11.4 Å². The minimum absolute atomic E-state index is 0.227. The number of thiazole rings is 1. The Labute approximate surface area is 145 Å². The standard InChI is InChI=1S/C16H12BrN3O2S/c1-22-14-6-5-10(8-11(14)17)15(21)20-16-19-13(9-23-16)12-4-2-3-7-18-12/h2-9H,1H3,(H,19,20,21). The molecule has 0 atom stereocenters. The molecule has 1 N–H and O–H groups in total. The van der Waals surface area contributed by atoms with E-state index >= 15 is 0 Å². The van der Waals surface area contributed by atoms with Crippen molar-refractivity contribution in [3.05, 3.63) is 58.0 Å². The topological polar surface area (TPSA) is 64.1 Å². The Morgan fingerprint density at radius 3 is 2.83 bits per heavy atom. The number of aromatic nitrogens is 2. The molecule has 0 saturated carbocycles. The lowest BCUT2D eigenvalue weighted by atomic mass is 10.2. The maximum Gasteiger partial charge on any atom is 0.257 e. The van der Waals surface area contributed by atoms with Crippen molar-refractivity contribution in [3.8, 4) is 17.1 Å². The van der Waals surface area contributed by atoms with Gasteiger partial charge in [-0.15, -0.1) is 11.3 Å². The molecule has 1 aromatic carbocycles. The van der Waals surface area contributed by atoms with Crippen LogP contribution in [0.2, 0.25) is 0 Å². The molecule has 0 radical (unpaired) electrons. The highest BCUT2D eigenvalue weighted by Crippen LogP contribution is 2.27. The van der Waals surface area contributed by atoms with E-state index in [0.717, 1.165) is 15.9 Å². The second kappa shape index (κ2) is 6.89. The molecule has 5 nitrogen and oxygen atoms in total. The average Bonchev–Trinajstić information content (AvgIpc) is 3.04. The second-order valence-electron chi connectivity index (χ2n) is 4.56. The first kappa shape index (κ1) is 15.6.